The second kappa shape index (κ2) is 8.90. The highest BCUT2D eigenvalue weighted by molar-refractivity contribution is 5.80. The molecule has 0 rings (SSSR count). The Morgan fingerprint density at radius 1 is 1.27 bits per heavy atom. The van der Waals surface area contributed by atoms with Crippen LogP contribution in [0.2, 0.25) is 0 Å². The Bertz CT molecular complexity index is 166. The maximum atomic E-state index is 11.6. The second-order valence-electron chi connectivity index (χ2n) is 4.69. The van der Waals surface area contributed by atoms with Gasteiger partial charge in [0.15, 0.2) is 0 Å². The minimum absolute atomic E-state index is 0.367. The van der Waals surface area contributed by atoms with Crippen LogP contribution in [0.5, 0.6) is 0 Å². The fourth-order valence-electron chi connectivity index (χ4n) is 1.66. The normalized spacial score (nSPS) is 13.1. The molecule has 0 aromatic carbocycles. The zero-order valence-electron chi connectivity index (χ0n) is 10.8. The van der Waals surface area contributed by atoms with Gasteiger partial charge in [0.2, 0.25) is 0 Å². The largest absolute Gasteiger partial charge is 0.308 e. The van der Waals surface area contributed by atoms with Crippen molar-refractivity contribution in [3.8, 4) is 0 Å². The second-order valence-corrected chi connectivity index (χ2v) is 4.69. The van der Waals surface area contributed by atoms with Gasteiger partial charge in [0.25, 0.3) is 0 Å². The van der Waals surface area contributed by atoms with E-state index in [-0.39, 0.29) is 0 Å². The summed E-state index contributed by atoms with van der Waals surface area (Å²) in [4.78, 5) is 11.6. The molecule has 0 aromatic heterocycles. The number of hydrogen-bond acceptors (Lipinski definition) is 2. The van der Waals surface area contributed by atoms with E-state index in [0.717, 1.165) is 12.8 Å². The fraction of sp³-hybridized carbons (Fsp3) is 0.923. The van der Waals surface area contributed by atoms with E-state index in [1.807, 2.05) is 0 Å². The first-order valence-electron chi connectivity index (χ1n) is 6.35. The van der Waals surface area contributed by atoms with Crippen LogP contribution in [-0.2, 0) is 4.79 Å². The highest BCUT2D eigenvalue weighted by Gasteiger charge is 2.11. The molecule has 90 valence electrons. The monoisotopic (exact) mass is 213 g/mol. The molecule has 1 N–H and O–H groups in total. The summed E-state index contributed by atoms with van der Waals surface area (Å²) in [6.45, 7) is 9.07. The van der Waals surface area contributed by atoms with Crippen molar-refractivity contribution in [1.29, 1.82) is 0 Å². The summed E-state index contributed by atoms with van der Waals surface area (Å²) in [7, 11) is 0. The molecular formula is C13H27NO. The quantitative estimate of drug-likeness (QED) is 0.637. The lowest BCUT2D eigenvalue weighted by Gasteiger charge is -2.14. The maximum absolute atomic E-state index is 11.6. The summed E-state index contributed by atoms with van der Waals surface area (Å²) in [5.41, 5.74) is 0. The van der Waals surface area contributed by atoms with Gasteiger partial charge in [0, 0.05) is 12.5 Å². The van der Waals surface area contributed by atoms with Crippen LogP contribution in [0.3, 0.4) is 0 Å². The Hall–Kier alpha value is -0.370. The van der Waals surface area contributed by atoms with Crippen LogP contribution < -0.4 is 5.32 Å². The number of ketones is 1. The number of hydrogen-bond donors (Lipinski definition) is 1. The Kier molecular flexibility index (Phi) is 8.68. The van der Waals surface area contributed by atoms with E-state index < -0.39 is 0 Å². The molecule has 1 atom stereocenters. The maximum Gasteiger partial charge on any atom is 0.146 e. The fourth-order valence-corrected chi connectivity index (χ4v) is 1.66. The minimum atomic E-state index is 0.367. The standard InChI is InChI=1S/C13H27NO/c1-5-7-8-12(6-2)9-13(15)10-14-11(3)4/h11-12,14H,5-10H2,1-4H3. The summed E-state index contributed by atoms with van der Waals surface area (Å²) in [6.07, 6.45) is 5.59. The van der Waals surface area contributed by atoms with Crippen molar-refractivity contribution in [2.45, 2.75) is 65.8 Å². The average Bonchev–Trinajstić information content (AvgIpc) is 2.21. The SMILES string of the molecule is CCCCC(CC)CC(=O)CNC(C)C. The molecule has 0 fully saturated rings. The Morgan fingerprint density at radius 3 is 2.40 bits per heavy atom. The average molecular weight is 213 g/mol. The third-order valence-corrected chi connectivity index (χ3v) is 2.77. The molecule has 0 bridgehead atoms. The Balaban J connectivity index is 3.70. The summed E-state index contributed by atoms with van der Waals surface area (Å²) < 4.78 is 0. The van der Waals surface area contributed by atoms with Crippen molar-refractivity contribution < 1.29 is 4.79 Å². The van der Waals surface area contributed by atoms with Crippen molar-refractivity contribution >= 4 is 5.78 Å². The van der Waals surface area contributed by atoms with E-state index in [4.69, 9.17) is 0 Å². The Morgan fingerprint density at radius 2 is 1.93 bits per heavy atom. The van der Waals surface area contributed by atoms with Crippen molar-refractivity contribution in [2.24, 2.45) is 5.92 Å². The van der Waals surface area contributed by atoms with Gasteiger partial charge in [-0.1, -0.05) is 53.4 Å². The summed E-state index contributed by atoms with van der Waals surface area (Å²) in [5.74, 6) is 0.970. The van der Waals surface area contributed by atoms with Gasteiger partial charge in [-0.05, 0) is 5.92 Å². The Labute approximate surface area is 94.8 Å². The van der Waals surface area contributed by atoms with Crippen LogP contribution in [0.4, 0.5) is 0 Å². The molecule has 0 aliphatic rings. The molecule has 0 aliphatic carbocycles. The molecule has 0 aliphatic heterocycles. The molecule has 0 amide bonds. The topological polar surface area (TPSA) is 29.1 Å². The predicted octanol–water partition coefficient (Wildman–Crippen LogP) is 3.16. The summed E-state index contributed by atoms with van der Waals surface area (Å²) >= 11 is 0. The van der Waals surface area contributed by atoms with Gasteiger partial charge in [0.1, 0.15) is 5.78 Å². The number of Topliss-reactive ketones (excluding diaryl/α,β-unsaturated/α-hetero) is 1. The van der Waals surface area contributed by atoms with Gasteiger partial charge in [0.05, 0.1) is 6.54 Å². The number of carbonyl (C=O) groups excluding carboxylic acids is 1. The van der Waals surface area contributed by atoms with E-state index >= 15 is 0 Å². The van der Waals surface area contributed by atoms with Crippen molar-refractivity contribution in [3.05, 3.63) is 0 Å². The number of rotatable bonds is 9. The highest BCUT2D eigenvalue weighted by Crippen LogP contribution is 2.16. The van der Waals surface area contributed by atoms with Crippen LogP contribution in [-0.4, -0.2) is 18.4 Å². The lowest BCUT2D eigenvalue weighted by molar-refractivity contribution is -0.119. The summed E-state index contributed by atoms with van der Waals surface area (Å²) in [5, 5.41) is 3.18. The van der Waals surface area contributed by atoms with E-state index in [1.54, 1.807) is 0 Å². The molecule has 0 radical (unpaired) electrons. The molecule has 0 heterocycles. The van der Waals surface area contributed by atoms with Gasteiger partial charge in [-0.25, -0.2) is 0 Å². The third kappa shape index (κ3) is 8.61. The van der Waals surface area contributed by atoms with Crippen LogP contribution in [0.15, 0.2) is 0 Å². The first kappa shape index (κ1) is 14.6. The van der Waals surface area contributed by atoms with E-state index in [2.05, 4.69) is 33.0 Å². The number of unbranched alkanes of at least 4 members (excludes halogenated alkanes) is 1. The molecule has 1 unspecified atom stereocenters. The molecule has 2 heteroatoms. The molecule has 0 spiro atoms. The number of nitrogens with one attached hydrogen (secondary N) is 1. The highest BCUT2D eigenvalue weighted by atomic mass is 16.1. The van der Waals surface area contributed by atoms with Crippen molar-refractivity contribution in [1.82, 2.24) is 5.32 Å². The third-order valence-electron chi connectivity index (χ3n) is 2.77. The number of carbonyl (C=O) groups is 1. The first-order valence-corrected chi connectivity index (χ1v) is 6.35. The lowest BCUT2D eigenvalue weighted by Crippen LogP contribution is -2.30. The van der Waals surface area contributed by atoms with Crippen LogP contribution in [0.1, 0.15) is 59.8 Å². The molecule has 0 saturated heterocycles. The molecule has 2 nitrogen and oxygen atoms in total. The van der Waals surface area contributed by atoms with Gasteiger partial charge in [-0.3, -0.25) is 4.79 Å². The van der Waals surface area contributed by atoms with E-state index in [1.165, 1.54) is 19.3 Å². The van der Waals surface area contributed by atoms with Gasteiger partial charge < -0.3 is 5.32 Å². The molecular weight excluding hydrogens is 186 g/mol. The lowest BCUT2D eigenvalue weighted by atomic mass is 9.94. The first-order chi connectivity index (χ1) is 7.10. The predicted molar refractivity (Wildman–Crippen MR) is 66.1 cm³/mol. The van der Waals surface area contributed by atoms with Crippen molar-refractivity contribution in [3.63, 3.8) is 0 Å². The molecule has 0 aromatic rings. The smallest absolute Gasteiger partial charge is 0.146 e. The van der Waals surface area contributed by atoms with Crippen LogP contribution in [0, 0.1) is 5.92 Å². The summed E-state index contributed by atoms with van der Waals surface area (Å²) in [6, 6.07) is 0.407. The van der Waals surface area contributed by atoms with Crippen molar-refractivity contribution in [2.75, 3.05) is 6.54 Å². The van der Waals surface area contributed by atoms with Crippen LogP contribution in [0.25, 0.3) is 0 Å². The van der Waals surface area contributed by atoms with E-state index in [9.17, 15) is 4.79 Å². The zero-order valence-corrected chi connectivity index (χ0v) is 10.8. The van der Waals surface area contributed by atoms with Crippen LogP contribution >= 0.6 is 0 Å². The zero-order chi connectivity index (χ0) is 11.7. The van der Waals surface area contributed by atoms with Gasteiger partial charge in [-0.2, -0.15) is 0 Å². The minimum Gasteiger partial charge on any atom is -0.308 e. The molecule has 0 saturated carbocycles. The molecule has 15 heavy (non-hydrogen) atoms. The van der Waals surface area contributed by atoms with E-state index in [0.29, 0.717) is 24.3 Å². The van der Waals surface area contributed by atoms with Gasteiger partial charge in [-0.15, -0.1) is 0 Å². The van der Waals surface area contributed by atoms with Gasteiger partial charge >= 0.3 is 0 Å².